The Labute approximate surface area is 309 Å². The van der Waals surface area contributed by atoms with E-state index in [1.807, 2.05) is 6.20 Å². The predicted octanol–water partition coefficient (Wildman–Crippen LogP) is 12.5. The smallest absolute Gasteiger partial charge is 0.137 e. The number of pyridine rings is 1. The Morgan fingerprint density at radius 3 is 2.15 bits per heavy atom. The number of benzene rings is 4. The quantitative estimate of drug-likeness (QED) is 0.144. The van der Waals surface area contributed by atoms with E-state index in [2.05, 4.69) is 156 Å². The van der Waals surface area contributed by atoms with Crippen LogP contribution < -0.4 is 4.74 Å². The molecule has 0 aliphatic rings. The first-order valence-electron chi connectivity index (χ1n) is 19.0. The van der Waals surface area contributed by atoms with Gasteiger partial charge in [-0.25, -0.2) is 9.67 Å². The van der Waals surface area contributed by atoms with E-state index >= 15 is 0 Å². The molecule has 0 aliphatic heterocycles. The number of hydrogen-bond acceptors (Lipinski definition) is 3. The molecule has 0 saturated carbocycles. The van der Waals surface area contributed by atoms with Gasteiger partial charge in [0.15, 0.2) is 0 Å². The van der Waals surface area contributed by atoms with E-state index in [-0.39, 0.29) is 5.41 Å². The summed E-state index contributed by atoms with van der Waals surface area (Å²) in [4.78, 5) is 4.87. The monoisotopic (exact) mass is 688 g/mol. The van der Waals surface area contributed by atoms with Gasteiger partial charge >= 0.3 is 0 Å². The molecule has 3 heterocycles. The van der Waals surface area contributed by atoms with E-state index in [1.165, 1.54) is 56.1 Å². The highest BCUT2D eigenvalue weighted by molar-refractivity contribution is 6.09. The van der Waals surface area contributed by atoms with Gasteiger partial charge in [-0.05, 0) is 122 Å². The number of para-hydroxylation sites is 1. The second-order valence-corrected chi connectivity index (χ2v) is 15.3. The van der Waals surface area contributed by atoms with Gasteiger partial charge in [0.25, 0.3) is 0 Å². The van der Waals surface area contributed by atoms with Crippen molar-refractivity contribution in [2.45, 2.75) is 99.8 Å². The molecular formula is C47H52N4O. The Morgan fingerprint density at radius 1 is 0.712 bits per heavy atom. The Morgan fingerprint density at radius 2 is 1.44 bits per heavy atom. The van der Waals surface area contributed by atoms with Crippen LogP contribution in [0, 0.1) is 20.8 Å². The minimum absolute atomic E-state index is 0.0976. The number of rotatable bonds is 10. The zero-order valence-electron chi connectivity index (χ0n) is 32.4. The summed E-state index contributed by atoms with van der Waals surface area (Å²) in [5.74, 6) is 2.50. The molecular weight excluding hydrogens is 637 g/mol. The number of fused-ring (bicyclic) bond motifs is 3. The molecule has 7 rings (SSSR count). The first-order chi connectivity index (χ1) is 25.0. The highest BCUT2D eigenvalue weighted by atomic mass is 16.5. The van der Waals surface area contributed by atoms with Crippen LogP contribution in [0.3, 0.4) is 0 Å². The van der Waals surface area contributed by atoms with E-state index in [0.29, 0.717) is 0 Å². The molecule has 52 heavy (non-hydrogen) atoms. The maximum atomic E-state index is 6.82. The van der Waals surface area contributed by atoms with E-state index < -0.39 is 0 Å². The van der Waals surface area contributed by atoms with Crippen molar-refractivity contribution in [2.24, 2.45) is 0 Å². The Balaban J connectivity index is 1.34. The number of hydrogen-bond donors (Lipinski definition) is 0. The maximum absolute atomic E-state index is 6.82. The molecule has 0 radical (unpaired) electrons. The summed E-state index contributed by atoms with van der Waals surface area (Å²) in [6.07, 6.45) is 7.28. The SMILES string of the molecule is CCCCc1ccnc(-n2c3ccccc3c3ccc(Oc4cc(-n5nc(C)c(-c6c(CC)cc(C)cc6CC)c5C)cc(C(C)(C)C)c4)cc32)c1. The molecule has 0 aliphatic carbocycles. The number of nitrogens with zero attached hydrogens (tertiary/aromatic N) is 4. The summed E-state index contributed by atoms with van der Waals surface area (Å²) in [5.41, 5.74) is 14.5. The molecule has 4 aromatic carbocycles. The van der Waals surface area contributed by atoms with Gasteiger partial charge in [0, 0.05) is 40.4 Å². The van der Waals surface area contributed by atoms with Gasteiger partial charge < -0.3 is 4.74 Å². The molecule has 0 fully saturated rings. The molecule has 5 nitrogen and oxygen atoms in total. The van der Waals surface area contributed by atoms with Gasteiger partial charge in [0.2, 0.25) is 0 Å². The van der Waals surface area contributed by atoms with Crippen molar-refractivity contribution in [3.05, 3.63) is 130 Å². The lowest BCUT2D eigenvalue weighted by atomic mass is 9.86. The fraction of sp³-hybridized carbons (Fsp3) is 0.319. The highest BCUT2D eigenvalue weighted by Crippen LogP contribution is 2.39. The van der Waals surface area contributed by atoms with E-state index in [9.17, 15) is 0 Å². The van der Waals surface area contributed by atoms with Crippen LogP contribution in [0.4, 0.5) is 0 Å². The van der Waals surface area contributed by atoms with Crippen molar-refractivity contribution >= 4 is 21.8 Å². The topological polar surface area (TPSA) is 44.9 Å². The summed E-state index contributed by atoms with van der Waals surface area (Å²) in [6, 6.07) is 30.7. The third kappa shape index (κ3) is 6.53. The van der Waals surface area contributed by atoms with Crippen molar-refractivity contribution in [1.29, 1.82) is 0 Å². The lowest BCUT2D eigenvalue weighted by Gasteiger charge is -2.22. The van der Waals surface area contributed by atoms with Crippen LogP contribution in [0.1, 0.15) is 93.6 Å². The van der Waals surface area contributed by atoms with Crippen LogP contribution in [-0.4, -0.2) is 19.3 Å². The molecule has 0 atom stereocenters. The Bertz CT molecular complexity index is 2390. The minimum atomic E-state index is -0.0976. The molecule has 0 amide bonds. The zero-order valence-corrected chi connectivity index (χ0v) is 32.4. The Kier molecular flexibility index (Phi) is 9.56. The summed E-state index contributed by atoms with van der Waals surface area (Å²) < 4.78 is 11.2. The van der Waals surface area contributed by atoms with Crippen molar-refractivity contribution in [3.8, 4) is 34.1 Å². The largest absolute Gasteiger partial charge is 0.457 e. The fourth-order valence-corrected chi connectivity index (χ4v) is 7.79. The number of aromatic nitrogens is 4. The second kappa shape index (κ2) is 14.1. The molecule has 0 spiro atoms. The third-order valence-corrected chi connectivity index (χ3v) is 10.5. The minimum Gasteiger partial charge on any atom is -0.457 e. The van der Waals surface area contributed by atoms with Crippen molar-refractivity contribution in [3.63, 3.8) is 0 Å². The molecule has 266 valence electrons. The number of ether oxygens (including phenoxy) is 1. The zero-order chi connectivity index (χ0) is 36.7. The van der Waals surface area contributed by atoms with Gasteiger partial charge in [-0.15, -0.1) is 0 Å². The van der Waals surface area contributed by atoms with Crippen molar-refractivity contribution in [2.75, 3.05) is 0 Å². The highest BCUT2D eigenvalue weighted by Gasteiger charge is 2.23. The number of unbranched alkanes of at least 4 members (excludes halogenated alkanes) is 1. The van der Waals surface area contributed by atoms with Gasteiger partial charge in [-0.3, -0.25) is 4.57 Å². The first kappa shape index (κ1) is 35.3. The predicted molar refractivity (Wildman–Crippen MR) is 218 cm³/mol. The average molecular weight is 689 g/mol. The van der Waals surface area contributed by atoms with Crippen LogP contribution in [0.15, 0.2) is 91.1 Å². The van der Waals surface area contributed by atoms with Crippen molar-refractivity contribution < 1.29 is 4.74 Å². The van der Waals surface area contributed by atoms with Crippen LogP contribution >= 0.6 is 0 Å². The molecule has 0 unspecified atom stereocenters. The van der Waals surface area contributed by atoms with Gasteiger partial charge in [0.1, 0.15) is 17.3 Å². The molecule has 0 saturated heterocycles. The van der Waals surface area contributed by atoms with E-state index in [0.717, 1.165) is 71.1 Å². The summed E-state index contributed by atoms with van der Waals surface area (Å²) in [7, 11) is 0. The normalized spacial score (nSPS) is 11.9. The summed E-state index contributed by atoms with van der Waals surface area (Å²) in [6.45, 7) is 20.0. The molecule has 0 bridgehead atoms. The standard InChI is InChI=1S/C47H52N4O/c1-10-13-16-33-21-22-48-44(25-33)50-42-18-15-14-17-40(42)41-20-19-38(29-43(41)50)52-39-27-36(47(7,8)9)26-37(28-39)51-32(6)45(31(5)49-51)46-34(11-2)23-30(4)24-35(46)12-3/h14-15,17-29H,10-13,16H2,1-9H3. The summed E-state index contributed by atoms with van der Waals surface area (Å²) in [5, 5.41) is 7.57. The first-order valence-corrected chi connectivity index (χ1v) is 19.0. The Hall–Kier alpha value is -5.16. The summed E-state index contributed by atoms with van der Waals surface area (Å²) >= 11 is 0. The molecule has 3 aromatic heterocycles. The maximum Gasteiger partial charge on any atom is 0.137 e. The van der Waals surface area contributed by atoms with Crippen LogP contribution in [0.25, 0.3) is 44.4 Å². The van der Waals surface area contributed by atoms with Crippen molar-refractivity contribution in [1.82, 2.24) is 19.3 Å². The molecule has 0 N–H and O–H groups in total. The molecule has 5 heteroatoms. The van der Waals surface area contributed by atoms with Crippen LogP contribution in [0.2, 0.25) is 0 Å². The lowest BCUT2D eigenvalue weighted by molar-refractivity contribution is 0.478. The second-order valence-electron chi connectivity index (χ2n) is 15.3. The van der Waals surface area contributed by atoms with Crippen LogP contribution in [-0.2, 0) is 24.7 Å². The fourth-order valence-electron chi connectivity index (χ4n) is 7.79. The van der Waals surface area contributed by atoms with Gasteiger partial charge in [0.05, 0.1) is 22.4 Å². The average Bonchev–Trinajstić information content (AvgIpc) is 3.62. The lowest BCUT2D eigenvalue weighted by Crippen LogP contribution is -2.12. The van der Waals surface area contributed by atoms with E-state index in [1.54, 1.807) is 0 Å². The van der Waals surface area contributed by atoms with Gasteiger partial charge in [-0.2, -0.15) is 5.10 Å². The van der Waals surface area contributed by atoms with E-state index in [4.69, 9.17) is 14.8 Å². The van der Waals surface area contributed by atoms with Gasteiger partial charge in [-0.1, -0.05) is 83.9 Å². The third-order valence-electron chi connectivity index (χ3n) is 10.5. The number of aryl methyl sites for hydroxylation is 5. The molecule has 7 aromatic rings. The van der Waals surface area contributed by atoms with Crippen LogP contribution in [0.5, 0.6) is 11.5 Å².